The van der Waals surface area contributed by atoms with E-state index in [9.17, 15) is 4.79 Å². The van der Waals surface area contributed by atoms with E-state index in [-0.39, 0.29) is 5.02 Å². The van der Waals surface area contributed by atoms with Crippen molar-refractivity contribution in [2.45, 2.75) is 0 Å². The first-order valence-corrected chi connectivity index (χ1v) is 5.45. The van der Waals surface area contributed by atoms with Gasteiger partial charge in [0.05, 0.1) is 25.5 Å². The second kappa shape index (κ2) is 6.32. The summed E-state index contributed by atoms with van der Waals surface area (Å²) < 4.78 is 10.2. The first kappa shape index (κ1) is 14.4. The van der Waals surface area contributed by atoms with Crippen LogP contribution in [0, 0.1) is 0 Å². The average molecular weight is 292 g/mol. The minimum absolute atomic E-state index is 0.216. The highest BCUT2D eigenvalue weighted by Crippen LogP contribution is 2.41. The van der Waals surface area contributed by atoms with Gasteiger partial charge >= 0.3 is 6.03 Å². The maximum atomic E-state index is 10.5. The average Bonchev–Trinajstić information content (AvgIpc) is 2.29. The minimum atomic E-state index is -0.782. The van der Waals surface area contributed by atoms with E-state index in [1.54, 1.807) is 0 Å². The van der Waals surface area contributed by atoms with Crippen LogP contribution in [-0.2, 0) is 0 Å². The monoisotopic (exact) mass is 291 g/mol. The normalized spacial score (nSPS) is 10.4. The van der Waals surface area contributed by atoms with Crippen molar-refractivity contribution in [1.29, 1.82) is 0 Å². The number of hydrogen-bond acceptors (Lipinski definition) is 4. The van der Waals surface area contributed by atoms with E-state index in [0.29, 0.717) is 22.1 Å². The molecule has 1 aromatic rings. The number of nitrogens with zero attached hydrogens (tertiary/aromatic N) is 1. The van der Waals surface area contributed by atoms with Crippen LogP contribution in [0.2, 0.25) is 10.0 Å². The summed E-state index contributed by atoms with van der Waals surface area (Å²) in [6, 6.07) is 0.757. The molecule has 0 aliphatic heterocycles. The molecule has 0 saturated heterocycles. The number of amides is 2. The van der Waals surface area contributed by atoms with Gasteiger partial charge in [-0.2, -0.15) is 5.10 Å². The first-order chi connectivity index (χ1) is 8.51. The molecule has 0 fully saturated rings. The number of ether oxygens (including phenoxy) is 2. The van der Waals surface area contributed by atoms with Gasteiger partial charge in [-0.05, 0) is 6.07 Å². The molecule has 0 unspecified atom stereocenters. The number of nitrogens with one attached hydrogen (secondary N) is 1. The van der Waals surface area contributed by atoms with E-state index in [2.05, 4.69) is 5.10 Å². The smallest absolute Gasteiger partial charge is 0.332 e. The summed E-state index contributed by atoms with van der Waals surface area (Å²) in [7, 11) is 2.88. The number of benzene rings is 1. The summed E-state index contributed by atoms with van der Waals surface area (Å²) in [4.78, 5) is 10.5. The van der Waals surface area contributed by atoms with Crippen LogP contribution in [0.15, 0.2) is 11.2 Å². The van der Waals surface area contributed by atoms with E-state index in [1.165, 1.54) is 26.5 Å². The highest BCUT2D eigenvalue weighted by molar-refractivity contribution is 6.38. The molecule has 0 aromatic heterocycles. The fourth-order valence-electron chi connectivity index (χ4n) is 1.26. The molecule has 8 heteroatoms. The second-order valence-electron chi connectivity index (χ2n) is 3.06. The van der Waals surface area contributed by atoms with Crippen LogP contribution >= 0.6 is 23.2 Å². The highest BCUT2D eigenvalue weighted by atomic mass is 35.5. The lowest BCUT2D eigenvalue weighted by Gasteiger charge is -2.12. The maximum absolute atomic E-state index is 10.5. The van der Waals surface area contributed by atoms with Gasteiger partial charge in [-0.3, -0.25) is 0 Å². The predicted octanol–water partition coefficient (Wildman–Crippen LogP) is 2.01. The van der Waals surface area contributed by atoms with Crippen molar-refractivity contribution in [2.75, 3.05) is 14.2 Å². The Morgan fingerprint density at radius 2 is 2.00 bits per heavy atom. The fourth-order valence-corrected chi connectivity index (χ4v) is 1.96. The van der Waals surface area contributed by atoms with Crippen molar-refractivity contribution in [1.82, 2.24) is 5.43 Å². The van der Waals surface area contributed by atoms with Crippen LogP contribution in [0.25, 0.3) is 0 Å². The molecule has 98 valence electrons. The zero-order valence-electron chi connectivity index (χ0n) is 9.66. The molecule has 0 heterocycles. The molecule has 1 aromatic carbocycles. The number of hydrogen-bond donors (Lipinski definition) is 2. The molecule has 0 atom stereocenters. The number of rotatable bonds is 4. The molecule has 0 aliphatic rings. The molecule has 0 aliphatic carbocycles. The number of urea groups is 1. The third kappa shape index (κ3) is 3.18. The van der Waals surface area contributed by atoms with E-state index >= 15 is 0 Å². The Morgan fingerprint density at radius 1 is 1.39 bits per heavy atom. The largest absolute Gasteiger partial charge is 0.494 e. The Labute approximate surface area is 114 Å². The zero-order valence-corrected chi connectivity index (χ0v) is 11.2. The molecule has 1 rings (SSSR count). The van der Waals surface area contributed by atoms with Gasteiger partial charge in [0.1, 0.15) is 10.8 Å². The molecule has 0 bridgehead atoms. The van der Waals surface area contributed by atoms with Crippen molar-refractivity contribution in [3.05, 3.63) is 21.7 Å². The zero-order chi connectivity index (χ0) is 13.7. The Bertz CT molecular complexity index is 492. The van der Waals surface area contributed by atoms with Gasteiger partial charge < -0.3 is 15.2 Å². The van der Waals surface area contributed by atoms with Gasteiger partial charge in [0.15, 0.2) is 5.75 Å². The number of nitrogens with two attached hydrogens (primary N) is 1. The van der Waals surface area contributed by atoms with E-state index in [4.69, 9.17) is 38.4 Å². The van der Waals surface area contributed by atoms with Gasteiger partial charge in [-0.25, -0.2) is 10.2 Å². The Balaban J connectivity index is 3.19. The lowest BCUT2D eigenvalue weighted by Crippen LogP contribution is -2.24. The summed E-state index contributed by atoms with van der Waals surface area (Å²) >= 11 is 12.0. The predicted molar refractivity (Wildman–Crippen MR) is 69.9 cm³/mol. The van der Waals surface area contributed by atoms with E-state index < -0.39 is 6.03 Å². The fraction of sp³-hybridized carbons (Fsp3) is 0.200. The van der Waals surface area contributed by atoms with Crippen LogP contribution < -0.4 is 20.6 Å². The summed E-state index contributed by atoms with van der Waals surface area (Å²) in [5.41, 5.74) is 7.39. The first-order valence-electron chi connectivity index (χ1n) is 4.69. The van der Waals surface area contributed by atoms with E-state index in [0.717, 1.165) is 0 Å². The molecule has 6 nitrogen and oxygen atoms in total. The van der Waals surface area contributed by atoms with Gasteiger partial charge in [-0.1, -0.05) is 23.2 Å². The van der Waals surface area contributed by atoms with Crippen LogP contribution in [-0.4, -0.2) is 26.5 Å². The quantitative estimate of drug-likeness (QED) is 0.657. The molecule has 18 heavy (non-hydrogen) atoms. The van der Waals surface area contributed by atoms with Gasteiger partial charge in [0, 0.05) is 5.56 Å². The Hall–Kier alpha value is -1.66. The number of methoxy groups -OCH3 is 2. The molecular formula is C10H11Cl2N3O3. The standard InChI is InChI=1S/C10H11Cl2N3O3/c1-17-8-5(4-14-15-10(13)16)3-6(11)9(18-2)7(8)12/h3-4H,1-2H3,(H3,13,15,16)/b14-4-. The highest BCUT2D eigenvalue weighted by Gasteiger charge is 2.16. The number of carbonyl (C=O) groups excluding carboxylic acids is 1. The van der Waals surface area contributed by atoms with Crippen molar-refractivity contribution in [3.8, 4) is 11.5 Å². The van der Waals surface area contributed by atoms with Crippen molar-refractivity contribution in [2.24, 2.45) is 10.8 Å². The van der Waals surface area contributed by atoms with Crippen LogP contribution in [0.5, 0.6) is 11.5 Å². The molecular weight excluding hydrogens is 281 g/mol. The molecule has 0 radical (unpaired) electrons. The molecule has 0 saturated carbocycles. The number of hydrazone groups is 1. The van der Waals surface area contributed by atoms with Gasteiger partial charge in [-0.15, -0.1) is 0 Å². The summed E-state index contributed by atoms with van der Waals surface area (Å²) in [5.74, 6) is 0.628. The summed E-state index contributed by atoms with van der Waals surface area (Å²) in [6.07, 6.45) is 1.31. The third-order valence-electron chi connectivity index (χ3n) is 1.95. The van der Waals surface area contributed by atoms with Gasteiger partial charge in [0.2, 0.25) is 0 Å². The number of carbonyl (C=O) groups is 1. The van der Waals surface area contributed by atoms with Crippen molar-refractivity contribution >= 4 is 35.4 Å². The van der Waals surface area contributed by atoms with Crippen LogP contribution in [0.3, 0.4) is 0 Å². The number of halogens is 2. The van der Waals surface area contributed by atoms with Crippen molar-refractivity contribution < 1.29 is 14.3 Å². The SMILES string of the molecule is COc1c(Cl)cc(/C=N\NC(N)=O)c(OC)c1Cl. The minimum Gasteiger partial charge on any atom is -0.494 e. The molecule has 2 amide bonds. The molecule has 3 N–H and O–H groups in total. The number of primary amides is 1. The third-order valence-corrected chi connectivity index (χ3v) is 2.57. The van der Waals surface area contributed by atoms with E-state index in [1.807, 2.05) is 5.43 Å². The lowest BCUT2D eigenvalue weighted by atomic mass is 10.2. The summed E-state index contributed by atoms with van der Waals surface area (Å²) in [5, 5.41) is 4.11. The van der Waals surface area contributed by atoms with Crippen LogP contribution in [0.4, 0.5) is 4.79 Å². The maximum Gasteiger partial charge on any atom is 0.332 e. The Kier molecular flexibility index (Phi) is 5.06. The molecule has 0 spiro atoms. The lowest BCUT2D eigenvalue weighted by molar-refractivity contribution is 0.249. The van der Waals surface area contributed by atoms with Gasteiger partial charge in [0.25, 0.3) is 0 Å². The Morgan fingerprint density at radius 3 is 2.50 bits per heavy atom. The second-order valence-corrected chi connectivity index (χ2v) is 3.85. The van der Waals surface area contributed by atoms with Crippen LogP contribution in [0.1, 0.15) is 5.56 Å². The topological polar surface area (TPSA) is 85.9 Å². The van der Waals surface area contributed by atoms with Crippen molar-refractivity contribution in [3.63, 3.8) is 0 Å². The summed E-state index contributed by atoms with van der Waals surface area (Å²) in [6.45, 7) is 0.